The van der Waals surface area contributed by atoms with E-state index in [0.29, 0.717) is 6.42 Å². The molecule has 2 aliphatic rings. The summed E-state index contributed by atoms with van der Waals surface area (Å²) in [6.45, 7) is 6.28. The average Bonchev–Trinajstić information content (AvgIpc) is 2.95. The molecule has 2 amide bonds. The van der Waals surface area contributed by atoms with Gasteiger partial charge in [-0.3, -0.25) is 4.79 Å². The Morgan fingerprint density at radius 2 is 1.36 bits per heavy atom. The molecule has 0 spiro atoms. The van der Waals surface area contributed by atoms with Crippen LogP contribution >= 0.6 is 23.2 Å². The number of aliphatic carboxylic acids is 2. The summed E-state index contributed by atoms with van der Waals surface area (Å²) in [6, 6.07) is 14.1. The van der Waals surface area contributed by atoms with Crippen molar-refractivity contribution < 1.29 is 34.1 Å². The SMILES string of the molecule is CC(C)(C)OC(=O)N1CCN(C(=O)CC2=C(C(=O)O)C(c3c(Cl)cccc3Cl)C(C(=O)O)=C(CCc3ccccc3)N2)CC1. The first kappa shape index (κ1) is 32.9. The van der Waals surface area contributed by atoms with Crippen LogP contribution in [0.15, 0.2) is 71.1 Å². The molecule has 2 heterocycles. The maximum absolute atomic E-state index is 13.6. The fourth-order valence-corrected chi connectivity index (χ4v) is 5.98. The maximum Gasteiger partial charge on any atom is 0.410 e. The molecule has 3 N–H and O–H groups in total. The first-order valence-electron chi connectivity index (χ1n) is 14.2. The molecule has 2 aromatic rings. The topological polar surface area (TPSA) is 136 Å². The quantitative estimate of drug-likeness (QED) is 0.345. The molecular formula is C32H35Cl2N3O7. The number of amides is 2. The minimum Gasteiger partial charge on any atom is -0.478 e. The fourth-order valence-electron chi connectivity index (χ4n) is 5.37. The van der Waals surface area contributed by atoms with Gasteiger partial charge in [-0.1, -0.05) is 59.6 Å². The summed E-state index contributed by atoms with van der Waals surface area (Å²) in [6.07, 6.45) is -0.125. The van der Waals surface area contributed by atoms with Gasteiger partial charge in [-0.15, -0.1) is 0 Å². The fraction of sp³-hybridized carbons (Fsp3) is 0.375. The van der Waals surface area contributed by atoms with Crippen molar-refractivity contribution in [1.29, 1.82) is 0 Å². The number of nitrogens with zero attached hydrogens (tertiary/aromatic N) is 2. The molecule has 10 nitrogen and oxygen atoms in total. The van der Waals surface area contributed by atoms with Crippen molar-refractivity contribution in [2.24, 2.45) is 0 Å². The third-order valence-electron chi connectivity index (χ3n) is 7.40. The molecular weight excluding hydrogens is 609 g/mol. The number of carbonyl (C=O) groups is 4. The molecule has 1 unspecified atom stereocenters. The van der Waals surface area contributed by atoms with Crippen molar-refractivity contribution in [3.63, 3.8) is 0 Å². The summed E-state index contributed by atoms with van der Waals surface area (Å²) < 4.78 is 5.43. The number of carboxylic acid groups (broad SMARTS) is 2. The minimum absolute atomic E-state index is 0.0612. The Morgan fingerprint density at radius 1 is 0.818 bits per heavy atom. The van der Waals surface area contributed by atoms with Crippen LogP contribution in [0.25, 0.3) is 0 Å². The zero-order valence-corrected chi connectivity index (χ0v) is 26.2. The van der Waals surface area contributed by atoms with Gasteiger partial charge in [-0.05, 0) is 51.3 Å². The van der Waals surface area contributed by atoms with E-state index >= 15 is 0 Å². The number of carbonyl (C=O) groups excluding carboxylic acids is 2. The van der Waals surface area contributed by atoms with Gasteiger partial charge in [-0.2, -0.15) is 0 Å². The van der Waals surface area contributed by atoms with E-state index < -0.39 is 29.6 Å². The van der Waals surface area contributed by atoms with Gasteiger partial charge in [0.25, 0.3) is 0 Å². The molecule has 0 radical (unpaired) electrons. The molecule has 0 aliphatic carbocycles. The molecule has 1 atom stereocenters. The second kappa shape index (κ2) is 13.7. The number of hydrogen-bond acceptors (Lipinski definition) is 6. The number of piperazine rings is 1. The summed E-state index contributed by atoms with van der Waals surface area (Å²) in [7, 11) is 0. The molecule has 2 aromatic carbocycles. The van der Waals surface area contributed by atoms with Crippen LogP contribution in [0, 0.1) is 0 Å². The Kier molecular flexibility index (Phi) is 10.3. The summed E-state index contributed by atoms with van der Waals surface area (Å²) in [5.41, 5.74) is 0.249. The lowest BCUT2D eigenvalue weighted by Gasteiger charge is -2.36. The number of hydrogen-bond donors (Lipinski definition) is 3. The number of ether oxygens (including phenoxy) is 1. The highest BCUT2D eigenvalue weighted by atomic mass is 35.5. The highest BCUT2D eigenvalue weighted by molar-refractivity contribution is 6.36. The van der Waals surface area contributed by atoms with E-state index in [9.17, 15) is 29.4 Å². The molecule has 1 saturated heterocycles. The van der Waals surface area contributed by atoms with Crippen LogP contribution in [0.1, 0.15) is 50.7 Å². The van der Waals surface area contributed by atoms with Crippen LogP contribution in [-0.4, -0.2) is 75.7 Å². The van der Waals surface area contributed by atoms with Crippen LogP contribution < -0.4 is 5.32 Å². The van der Waals surface area contributed by atoms with Crippen molar-refractivity contribution in [3.05, 3.63) is 92.2 Å². The Labute approximate surface area is 265 Å². The first-order valence-corrected chi connectivity index (χ1v) is 15.0. The zero-order chi connectivity index (χ0) is 32.2. The van der Waals surface area contributed by atoms with Crippen molar-refractivity contribution in [1.82, 2.24) is 15.1 Å². The van der Waals surface area contributed by atoms with Crippen LogP contribution in [0.4, 0.5) is 4.79 Å². The number of aryl methyl sites for hydroxylation is 1. The lowest BCUT2D eigenvalue weighted by molar-refractivity contribution is -0.133. The molecule has 4 rings (SSSR count). The Hall–Kier alpha value is -4.02. The summed E-state index contributed by atoms with van der Waals surface area (Å²) in [5.74, 6) is -4.45. The van der Waals surface area contributed by atoms with Gasteiger partial charge >= 0.3 is 18.0 Å². The van der Waals surface area contributed by atoms with Crippen LogP contribution in [0.2, 0.25) is 10.0 Å². The van der Waals surface area contributed by atoms with Crippen molar-refractivity contribution in [2.45, 2.75) is 51.6 Å². The number of dihydropyridines is 1. The van der Waals surface area contributed by atoms with Crippen molar-refractivity contribution >= 4 is 47.1 Å². The summed E-state index contributed by atoms with van der Waals surface area (Å²) >= 11 is 13.0. The lowest BCUT2D eigenvalue weighted by atomic mass is 9.78. The molecule has 1 fully saturated rings. The highest BCUT2D eigenvalue weighted by Gasteiger charge is 2.41. The predicted octanol–water partition coefficient (Wildman–Crippen LogP) is 5.46. The summed E-state index contributed by atoms with van der Waals surface area (Å²) in [4.78, 5) is 54.7. The zero-order valence-electron chi connectivity index (χ0n) is 24.7. The molecule has 2 aliphatic heterocycles. The molecule has 0 aromatic heterocycles. The van der Waals surface area contributed by atoms with Gasteiger partial charge < -0.3 is 30.1 Å². The van der Waals surface area contributed by atoms with Crippen molar-refractivity contribution in [3.8, 4) is 0 Å². The Morgan fingerprint density at radius 3 is 1.91 bits per heavy atom. The van der Waals surface area contributed by atoms with Gasteiger partial charge in [0.15, 0.2) is 0 Å². The van der Waals surface area contributed by atoms with Crippen molar-refractivity contribution in [2.75, 3.05) is 26.2 Å². The molecule has 0 saturated carbocycles. The van der Waals surface area contributed by atoms with Gasteiger partial charge in [0.05, 0.1) is 23.5 Å². The molecule has 0 bridgehead atoms. The van der Waals surface area contributed by atoms with Gasteiger partial charge in [0.1, 0.15) is 5.60 Å². The van der Waals surface area contributed by atoms with Gasteiger partial charge in [0, 0.05) is 53.2 Å². The second-order valence-corrected chi connectivity index (χ2v) is 12.4. The van der Waals surface area contributed by atoms with Gasteiger partial charge in [-0.25, -0.2) is 14.4 Å². The Bertz CT molecular complexity index is 1490. The number of benzene rings is 2. The van der Waals surface area contributed by atoms with E-state index in [1.165, 1.54) is 17.0 Å². The van der Waals surface area contributed by atoms with E-state index in [1.807, 2.05) is 30.3 Å². The number of carboxylic acids is 2. The average molecular weight is 645 g/mol. The van der Waals surface area contributed by atoms with E-state index in [-0.39, 0.29) is 83.1 Å². The largest absolute Gasteiger partial charge is 0.478 e. The van der Waals surface area contributed by atoms with E-state index in [0.717, 1.165) is 5.56 Å². The lowest BCUT2D eigenvalue weighted by Crippen LogP contribution is -2.52. The first-order chi connectivity index (χ1) is 20.8. The maximum atomic E-state index is 13.6. The molecule has 234 valence electrons. The molecule has 44 heavy (non-hydrogen) atoms. The third-order valence-corrected chi connectivity index (χ3v) is 8.06. The van der Waals surface area contributed by atoms with Gasteiger partial charge in [0.2, 0.25) is 5.91 Å². The summed E-state index contributed by atoms with van der Waals surface area (Å²) in [5, 5.41) is 24.1. The standard InChI is InChI=1S/C32H35Cl2N3O7/c1-32(2,3)44-31(43)37-16-14-36(15-17-37)24(38)18-23-27(30(41)42)28(25-20(33)10-7-11-21(25)34)26(29(39)40)22(35-23)13-12-19-8-5-4-6-9-19/h4-11,28,35H,12-18H2,1-3H3,(H,39,40)(H,41,42). The smallest absolute Gasteiger partial charge is 0.410 e. The Balaban J connectivity index is 1.68. The van der Waals surface area contributed by atoms with Crippen LogP contribution in [-0.2, 0) is 25.5 Å². The molecule has 12 heteroatoms. The van der Waals surface area contributed by atoms with E-state index in [1.54, 1.807) is 31.7 Å². The highest BCUT2D eigenvalue weighted by Crippen LogP contribution is 2.45. The van der Waals surface area contributed by atoms with Crippen LogP contribution in [0.5, 0.6) is 0 Å². The third kappa shape index (κ3) is 7.73. The number of allylic oxidation sites excluding steroid dienone is 1. The minimum atomic E-state index is -1.41. The predicted molar refractivity (Wildman–Crippen MR) is 165 cm³/mol. The monoisotopic (exact) mass is 643 g/mol. The number of nitrogens with one attached hydrogen (secondary N) is 1. The second-order valence-electron chi connectivity index (χ2n) is 11.6. The normalized spacial score (nSPS) is 17.3. The van der Waals surface area contributed by atoms with E-state index in [4.69, 9.17) is 27.9 Å². The number of rotatable bonds is 8. The van der Waals surface area contributed by atoms with E-state index in [2.05, 4.69) is 5.32 Å². The van der Waals surface area contributed by atoms with Crippen LogP contribution in [0.3, 0.4) is 0 Å². The number of halogens is 2.